The predicted molar refractivity (Wildman–Crippen MR) is 74.8 cm³/mol. The number of para-hydroxylation sites is 1. The maximum absolute atomic E-state index is 13.3. The van der Waals surface area contributed by atoms with Crippen molar-refractivity contribution in [3.63, 3.8) is 0 Å². The number of non-ortho nitro benzene ring substituents is 1. The van der Waals surface area contributed by atoms with Gasteiger partial charge in [0.1, 0.15) is 18.2 Å². The number of nitrogens with zero attached hydrogens (tertiary/aromatic N) is 1. The Labute approximate surface area is 124 Å². The van der Waals surface area contributed by atoms with Gasteiger partial charge in [0.25, 0.3) is 5.69 Å². The average Bonchev–Trinajstić information content (AvgIpc) is 2.45. The summed E-state index contributed by atoms with van der Waals surface area (Å²) in [7, 11) is 0. The molecule has 110 valence electrons. The molecular formula is C14H11ClFNO4. The number of aliphatic hydroxyl groups excluding tert-OH is 1. The van der Waals surface area contributed by atoms with E-state index in [4.69, 9.17) is 16.3 Å². The molecule has 2 rings (SSSR count). The Bertz CT molecular complexity index is 678. The second-order valence-electron chi connectivity index (χ2n) is 4.25. The van der Waals surface area contributed by atoms with E-state index < -0.39 is 10.7 Å². The van der Waals surface area contributed by atoms with E-state index in [1.165, 1.54) is 6.07 Å². The van der Waals surface area contributed by atoms with E-state index in [1.807, 2.05) is 0 Å². The molecule has 0 fully saturated rings. The molecule has 2 aromatic rings. The smallest absolute Gasteiger partial charge is 0.272 e. The normalized spacial score (nSPS) is 10.4. The Morgan fingerprint density at radius 3 is 2.76 bits per heavy atom. The molecule has 7 heteroatoms. The van der Waals surface area contributed by atoms with Gasteiger partial charge in [-0.1, -0.05) is 23.7 Å². The molecule has 0 unspecified atom stereocenters. The number of benzene rings is 2. The van der Waals surface area contributed by atoms with Crippen molar-refractivity contribution >= 4 is 17.3 Å². The third-order valence-corrected chi connectivity index (χ3v) is 3.05. The minimum absolute atomic E-state index is 0.102. The molecule has 0 saturated carbocycles. The Morgan fingerprint density at radius 1 is 1.33 bits per heavy atom. The first-order chi connectivity index (χ1) is 10.0. The molecule has 0 bridgehead atoms. The third-order valence-electron chi connectivity index (χ3n) is 2.76. The number of hydrogen-bond acceptors (Lipinski definition) is 4. The molecule has 21 heavy (non-hydrogen) atoms. The van der Waals surface area contributed by atoms with Gasteiger partial charge >= 0.3 is 0 Å². The number of nitro benzene ring substituents is 1. The van der Waals surface area contributed by atoms with Crippen LogP contribution in [0.2, 0.25) is 5.02 Å². The lowest BCUT2D eigenvalue weighted by atomic mass is 10.2. The van der Waals surface area contributed by atoms with Gasteiger partial charge in [-0.3, -0.25) is 10.1 Å². The number of rotatable bonds is 5. The van der Waals surface area contributed by atoms with Crippen molar-refractivity contribution < 1.29 is 19.2 Å². The molecule has 0 atom stereocenters. The summed E-state index contributed by atoms with van der Waals surface area (Å²) in [5.41, 5.74) is 0.425. The summed E-state index contributed by atoms with van der Waals surface area (Å²) >= 11 is 5.97. The fourth-order valence-electron chi connectivity index (χ4n) is 1.82. The SMILES string of the molecule is O=[N+]([O-])c1cc(F)cc(COc2c(Cl)cccc2CO)c1. The molecule has 2 aromatic carbocycles. The average molecular weight is 312 g/mol. The molecule has 0 aliphatic heterocycles. The zero-order valence-corrected chi connectivity index (χ0v) is 11.5. The minimum atomic E-state index is -0.718. The lowest BCUT2D eigenvalue weighted by Gasteiger charge is -2.11. The molecule has 0 saturated heterocycles. The first-order valence-electron chi connectivity index (χ1n) is 5.96. The molecule has 5 nitrogen and oxygen atoms in total. The number of nitro groups is 1. The second kappa shape index (κ2) is 6.51. The Hall–Kier alpha value is -2.18. The fraction of sp³-hybridized carbons (Fsp3) is 0.143. The third kappa shape index (κ3) is 3.68. The minimum Gasteiger partial charge on any atom is -0.487 e. The van der Waals surface area contributed by atoms with Crippen molar-refractivity contribution in [3.05, 3.63) is 68.5 Å². The van der Waals surface area contributed by atoms with Gasteiger partial charge in [0, 0.05) is 11.6 Å². The van der Waals surface area contributed by atoms with Crippen molar-refractivity contribution in [3.8, 4) is 5.75 Å². The van der Waals surface area contributed by atoms with Crippen molar-refractivity contribution in [1.82, 2.24) is 0 Å². The lowest BCUT2D eigenvalue weighted by Crippen LogP contribution is -2.01. The van der Waals surface area contributed by atoms with Crippen molar-refractivity contribution in [2.75, 3.05) is 0 Å². The van der Waals surface area contributed by atoms with Crippen molar-refractivity contribution in [1.29, 1.82) is 0 Å². The first-order valence-corrected chi connectivity index (χ1v) is 6.34. The predicted octanol–water partition coefficient (Wildman–Crippen LogP) is 3.46. The fourth-order valence-corrected chi connectivity index (χ4v) is 2.07. The Balaban J connectivity index is 2.23. The molecule has 0 aliphatic carbocycles. The summed E-state index contributed by atoms with van der Waals surface area (Å²) in [6, 6.07) is 8.08. The van der Waals surface area contributed by atoms with Crippen molar-refractivity contribution in [2.24, 2.45) is 0 Å². The number of ether oxygens (including phenoxy) is 1. The summed E-state index contributed by atoms with van der Waals surface area (Å²) in [4.78, 5) is 10.00. The molecule has 0 spiro atoms. The lowest BCUT2D eigenvalue weighted by molar-refractivity contribution is -0.385. The largest absolute Gasteiger partial charge is 0.487 e. The maximum atomic E-state index is 13.3. The van der Waals surface area contributed by atoms with Crippen LogP contribution in [0.25, 0.3) is 0 Å². The van der Waals surface area contributed by atoms with Crippen LogP contribution in [0, 0.1) is 15.9 Å². The molecule has 0 amide bonds. The van der Waals surface area contributed by atoms with E-state index >= 15 is 0 Å². The van der Waals surface area contributed by atoms with Gasteiger partial charge in [-0.2, -0.15) is 0 Å². The van der Waals surface area contributed by atoms with Gasteiger partial charge in [0.15, 0.2) is 0 Å². The molecule has 0 aliphatic rings. The second-order valence-corrected chi connectivity index (χ2v) is 4.66. The zero-order valence-electron chi connectivity index (χ0n) is 10.8. The molecule has 0 aromatic heterocycles. The zero-order chi connectivity index (χ0) is 15.4. The summed E-state index contributed by atoms with van der Waals surface area (Å²) < 4.78 is 18.8. The van der Waals surface area contributed by atoms with Gasteiger partial charge in [0.05, 0.1) is 22.6 Å². The topological polar surface area (TPSA) is 72.6 Å². The highest BCUT2D eigenvalue weighted by atomic mass is 35.5. The van der Waals surface area contributed by atoms with Gasteiger partial charge < -0.3 is 9.84 Å². The summed E-state index contributed by atoms with van der Waals surface area (Å²) in [6.07, 6.45) is 0. The highest BCUT2D eigenvalue weighted by molar-refractivity contribution is 6.32. The summed E-state index contributed by atoms with van der Waals surface area (Å²) in [5.74, 6) is -0.446. The Morgan fingerprint density at radius 2 is 2.10 bits per heavy atom. The van der Waals surface area contributed by atoms with E-state index in [2.05, 4.69) is 0 Å². The van der Waals surface area contributed by atoms with E-state index in [-0.39, 0.29) is 24.7 Å². The van der Waals surface area contributed by atoms with Crippen LogP contribution in [0.4, 0.5) is 10.1 Å². The van der Waals surface area contributed by atoms with Crippen LogP contribution in [-0.2, 0) is 13.2 Å². The van der Waals surface area contributed by atoms with E-state index in [0.717, 1.165) is 12.1 Å². The Kier molecular flexibility index (Phi) is 4.72. The van der Waals surface area contributed by atoms with Crippen LogP contribution >= 0.6 is 11.6 Å². The highest BCUT2D eigenvalue weighted by Crippen LogP contribution is 2.29. The van der Waals surface area contributed by atoms with Crippen LogP contribution in [0.15, 0.2) is 36.4 Å². The van der Waals surface area contributed by atoms with Crippen LogP contribution < -0.4 is 4.74 Å². The van der Waals surface area contributed by atoms with E-state index in [1.54, 1.807) is 18.2 Å². The monoisotopic (exact) mass is 311 g/mol. The molecule has 0 heterocycles. The standard InChI is InChI=1S/C14H11ClFNO4/c15-13-3-1-2-10(7-18)14(13)21-8-9-4-11(16)6-12(5-9)17(19)20/h1-6,18H,7-8H2. The molecule has 0 radical (unpaired) electrons. The van der Waals surface area contributed by atoms with Gasteiger partial charge in [-0.05, 0) is 17.7 Å². The quantitative estimate of drug-likeness (QED) is 0.678. The number of hydrogen-bond donors (Lipinski definition) is 1. The molecular weight excluding hydrogens is 301 g/mol. The van der Waals surface area contributed by atoms with Gasteiger partial charge in [-0.25, -0.2) is 4.39 Å². The van der Waals surface area contributed by atoms with E-state index in [0.29, 0.717) is 16.1 Å². The molecule has 1 N–H and O–H groups in total. The van der Waals surface area contributed by atoms with Gasteiger partial charge in [0.2, 0.25) is 0 Å². The van der Waals surface area contributed by atoms with Crippen LogP contribution in [0.3, 0.4) is 0 Å². The van der Waals surface area contributed by atoms with Crippen molar-refractivity contribution in [2.45, 2.75) is 13.2 Å². The number of halogens is 2. The van der Waals surface area contributed by atoms with Crippen LogP contribution in [0.5, 0.6) is 5.75 Å². The number of aliphatic hydroxyl groups is 1. The summed E-state index contributed by atoms with van der Waals surface area (Å²) in [6.45, 7) is -0.367. The van der Waals surface area contributed by atoms with Gasteiger partial charge in [-0.15, -0.1) is 0 Å². The highest BCUT2D eigenvalue weighted by Gasteiger charge is 2.12. The van der Waals surface area contributed by atoms with Crippen LogP contribution in [0.1, 0.15) is 11.1 Å². The summed E-state index contributed by atoms with van der Waals surface area (Å²) in [5, 5.41) is 20.2. The van der Waals surface area contributed by atoms with E-state index in [9.17, 15) is 19.6 Å². The van der Waals surface area contributed by atoms with Crippen LogP contribution in [-0.4, -0.2) is 10.0 Å². The first kappa shape index (κ1) is 15.2. The maximum Gasteiger partial charge on any atom is 0.272 e.